The molecule has 2 aromatic heterocycles. The number of hydrogen-bond donors (Lipinski definition) is 2. The maximum absolute atomic E-state index is 12.4. The summed E-state index contributed by atoms with van der Waals surface area (Å²) in [6.07, 6.45) is 6.73. The Balaban J connectivity index is 1.55. The summed E-state index contributed by atoms with van der Waals surface area (Å²) in [6, 6.07) is 6.72. The standard InChI is InChI=1S/C15H15N5O/c16-6-11-8-20-7-9(1-4-14(20)18-11)15(21)19-13-5-10-2-3-12(13)17-10/h1,4,7-8,10,12-13,17H,2-3,5H2,(H,19,21). The van der Waals surface area contributed by atoms with E-state index in [1.807, 2.05) is 6.07 Å². The molecular weight excluding hydrogens is 266 g/mol. The molecule has 0 spiro atoms. The average molecular weight is 281 g/mol. The number of pyridine rings is 1. The van der Waals surface area contributed by atoms with Gasteiger partial charge < -0.3 is 15.0 Å². The van der Waals surface area contributed by atoms with Crippen LogP contribution in [0.25, 0.3) is 5.65 Å². The van der Waals surface area contributed by atoms with E-state index >= 15 is 0 Å². The number of carbonyl (C=O) groups excluding carboxylic acids is 1. The van der Waals surface area contributed by atoms with Crippen LogP contribution >= 0.6 is 0 Å². The number of rotatable bonds is 2. The fourth-order valence-corrected chi connectivity index (χ4v) is 3.42. The number of hydrogen-bond acceptors (Lipinski definition) is 4. The topological polar surface area (TPSA) is 82.2 Å². The van der Waals surface area contributed by atoms with E-state index in [-0.39, 0.29) is 11.9 Å². The zero-order chi connectivity index (χ0) is 14.4. The van der Waals surface area contributed by atoms with Crippen molar-refractivity contribution in [3.05, 3.63) is 35.8 Å². The lowest BCUT2D eigenvalue weighted by Gasteiger charge is -2.21. The first-order valence-electron chi connectivity index (χ1n) is 7.19. The zero-order valence-corrected chi connectivity index (χ0v) is 11.4. The molecule has 0 radical (unpaired) electrons. The summed E-state index contributed by atoms with van der Waals surface area (Å²) in [5.74, 6) is -0.0662. The molecule has 2 saturated heterocycles. The lowest BCUT2D eigenvalue weighted by Crippen LogP contribution is -2.42. The van der Waals surface area contributed by atoms with Gasteiger partial charge in [0.1, 0.15) is 11.7 Å². The molecule has 0 saturated carbocycles. The number of nitrogens with one attached hydrogen (secondary N) is 2. The van der Waals surface area contributed by atoms with Crippen LogP contribution in [0.2, 0.25) is 0 Å². The second kappa shape index (κ2) is 4.57. The molecule has 6 nitrogen and oxygen atoms in total. The fourth-order valence-electron chi connectivity index (χ4n) is 3.42. The predicted octanol–water partition coefficient (Wildman–Crippen LogP) is 0.829. The molecule has 2 aliphatic heterocycles. The minimum Gasteiger partial charge on any atom is -0.348 e. The quantitative estimate of drug-likeness (QED) is 0.854. The number of amides is 1. The Kier molecular flexibility index (Phi) is 2.69. The molecule has 0 aliphatic carbocycles. The number of nitriles is 1. The van der Waals surface area contributed by atoms with Gasteiger partial charge in [-0.3, -0.25) is 4.79 Å². The number of aromatic nitrogens is 2. The van der Waals surface area contributed by atoms with Crippen LogP contribution in [0.5, 0.6) is 0 Å². The highest BCUT2D eigenvalue weighted by molar-refractivity contribution is 5.94. The van der Waals surface area contributed by atoms with Crippen molar-refractivity contribution in [2.75, 3.05) is 0 Å². The molecule has 2 N–H and O–H groups in total. The van der Waals surface area contributed by atoms with Crippen LogP contribution in [0.1, 0.15) is 35.3 Å². The van der Waals surface area contributed by atoms with Crippen LogP contribution in [0.15, 0.2) is 24.5 Å². The maximum atomic E-state index is 12.4. The van der Waals surface area contributed by atoms with Gasteiger partial charge in [0.05, 0.1) is 5.56 Å². The SMILES string of the molecule is N#Cc1cn2cc(C(=O)NC3CC4CCC3N4)ccc2n1. The van der Waals surface area contributed by atoms with E-state index in [9.17, 15) is 4.79 Å². The van der Waals surface area contributed by atoms with Gasteiger partial charge in [-0.1, -0.05) is 0 Å². The Morgan fingerprint density at radius 1 is 1.43 bits per heavy atom. The van der Waals surface area contributed by atoms with Crippen LogP contribution in [-0.2, 0) is 0 Å². The molecule has 2 aliphatic rings. The van der Waals surface area contributed by atoms with Gasteiger partial charge in [0.15, 0.2) is 5.69 Å². The van der Waals surface area contributed by atoms with E-state index in [1.165, 1.54) is 6.42 Å². The van der Waals surface area contributed by atoms with Gasteiger partial charge in [-0.05, 0) is 31.4 Å². The van der Waals surface area contributed by atoms with Crippen LogP contribution in [0.4, 0.5) is 0 Å². The van der Waals surface area contributed by atoms with Gasteiger partial charge >= 0.3 is 0 Å². The second-order valence-electron chi connectivity index (χ2n) is 5.78. The smallest absolute Gasteiger partial charge is 0.253 e. The normalized spacial score (nSPS) is 26.9. The summed E-state index contributed by atoms with van der Waals surface area (Å²) >= 11 is 0. The summed E-state index contributed by atoms with van der Waals surface area (Å²) in [5.41, 5.74) is 1.61. The Morgan fingerprint density at radius 3 is 3.05 bits per heavy atom. The molecule has 106 valence electrons. The van der Waals surface area contributed by atoms with Gasteiger partial charge in [-0.25, -0.2) is 4.98 Å². The third kappa shape index (κ3) is 2.06. The first kappa shape index (κ1) is 12.4. The van der Waals surface area contributed by atoms with Gasteiger partial charge in [0, 0.05) is 30.5 Å². The largest absolute Gasteiger partial charge is 0.348 e. The third-order valence-corrected chi connectivity index (χ3v) is 4.44. The minimum absolute atomic E-state index is 0.0662. The van der Waals surface area contributed by atoms with E-state index in [0.29, 0.717) is 29.0 Å². The van der Waals surface area contributed by atoms with Crippen LogP contribution in [0.3, 0.4) is 0 Å². The molecule has 2 aromatic rings. The number of nitrogens with zero attached hydrogens (tertiary/aromatic N) is 3. The van der Waals surface area contributed by atoms with E-state index in [0.717, 1.165) is 12.8 Å². The third-order valence-electron chi connectivity index (χ3n) is 4.44. The van der Waals surface area contributed by atoms with E-state index < -0.39 is 0 Å². The average Bonchev–Trinajstić information content (AvgIpc) is 3.20. The van der Waals surface area contributed by atoms with Crippen molar-refractivity contribution in [1.82, 2.24) is 20.0 Å². The van der Waals surface area contributed by atoms with Gasteiger partial charge in [-0.2, -0.15) is 5.26 Å². The highest BCUT2D eigenvalue weighted by Crippen LogP contribution is 2.28. The molecule has 1 amide bonds. The van der Waals surface area contributed by atoms with Crippen molar-refractivity contribution in [3.63, 3.8) is 0 Å². The van der Waals surface area contributed by atoms with Crippen molar-refractivity contribution in [2.45, 2.75) is 37.4 Å². The summed E-state index contributed by atoms with van der Waals surface area (Å²) in [7, 11) is 0. The summed E-state index contributed by atoms with van der Waals surface area (Å²) < 4.78 is 1.71. The van der Waals surface area contributed by atoms with Crippen molar-refractivity contribution in [3.8, 4) is 6.07 Å². The van der Waals surface area contributed by atoms with Gasteiger partial charge in [0.25, 0.3) is 5.91 Å². The van der Waals surface area contributed by atoms with Crippen LogP contribution in [0, 0.1) is 11.3 Å². The molecule has 21 heavy (non-hydrogen) atoms. The Hall–Kier alpha value is -2.39. The molecule has 3 atom stereocenters. The first-order valence-corrected chi connectivity index (χ1v) is 7.19. The molecular formula is C15H15N5O. The maximum Gasteiger partial charge on any atom is 0.253 e. The monoisotopic (exact) mass is 281 g/mol. The molecule has 2 fully saturated rings. The number of carbonyl (C=O) groups is 1. The molecule has 4 rings (SSSR count). The number of imidazole rings is 1. The Morgan fingerprint density at radius 2 is 2.33 bits per heavy atom. The van der Waals surface area contributed by atoms with E-state index in [1.54, 1.807) is 28.9 Å². The highest BCUT2D eigenvalue weighted by Gasteiger charge is 2.39. The fraction of sp³-hybridized carbons (Fsp3) is 0.400. The Labute approximate surface area is 121 Å². The van der Waals surface area contributed by atoms with Crippen molar-refractivity contribution < 1.29 is 4.79 Å². The predicted molar refractivity (Wildman–Crippen MR) is 75.7 cm³/mol. The number of fused-ring (bicyclic) bond motifs is 3. The van der Waals surface area contributed by atoms with Gasteiger partial charge in [0.2, 0.25) is 0 Å². The lowest BCUT2D eigenvalue weighted by molar-refractivity contribution is 0.0930. The molecule has 6 heteroatoms. The van der Waals surface area contributed by atoms with Crippen molar-refractivity contribution >= 4 is 11.6 Å². The summed E-state index contributed by atoms with van der Waals surface area (Å²) in [4.78, 5) is 16.5. The molecule has 2 bridgehead atoms. The van der Waals surface area contributed by atoms with E-state index in [4.69, 9.17) is 5.26 Å². The summed E-state index contributed by atoms with van der Waals surface area (Å²) in [5, 5.41) is 15.5. The first-order chi connectivity index (χ1) is 10.2. The molecule has 0 aromatic carbocycles. The zero-order valence-electron chi connectivity index (χ0n) is 11.4. The second-order valence-corrected chi connectivity index (χ2v) is 5.78. The minimum atomic E-state index is -0.0662. The van der Waals surface area contributed by atoms with Gasteiger partial charge in [-0.15, -0.1) is 0 Å². The van der Waals surface area contributed by atoms with E-state index in [2.05, 4.69) is 15.6 Å². The van der Waals surface area contributed by atoms with Crippen molar-refractivity contribution in [1.29, 1.82) is 5.26 Å². The molecule has 3 unspecified atom stereocenters. The summed E-state index contributed by atoms with van der Waals surface area (Å²) in [6.45, 7) is 0. The van der Waals surface area contributed by atoms with Crippen LogP contribution < -0.4 is 10.6 Å². The Bertz CT molecular complexity index is 759. The highest BCUT2D eigenvalue weighted by atomic mass is 16.1. The van der Waals surface area contributed by atoms with Crippen LogP contribution in [-0.4, -0.2) is 33.4 Å². The molecule has 4 heterocycles. The van der Waals surface area contributed by atoms with Crippen molar-refractivity contribution in [2.24, 2.45) is 0 Å². The lowest BCUT2D eigenvalue weighted by atomic mass is 9.95.